The van der Waals surface area contributed by atoms with Gasteiger partial charge in [-0.25, -0.2) is 4.79 Å². The Labute approximate surface area is 771 Å². The molecular formula is C92H105N23O18S. The van der Waals surface area contributed by atoms with Crippen molar-refractivity contribution in [3.8, 4) is 33.9 Å². The van der Waals surface area contributed by atoms with E-state index in [1.807, 2.05) is 16.7 Å². The zero-order valence-electron chi connectivity index (χ0n) is 73.3. The Bertz CT molecular complexity index is 6040. The number of thioether (sulfide) groups is 1. The lowest BCUT2D eigenvalue weighted by Crippen LogP contribution is -2.57. The second-order valence-corrected chi connectivity index (χ2v) is 34.2. The van der Waals surface area contributed by atoms with Crippen molar-refractivity contribution in [1.82, 2.24) is 57.5 Å². The van der Waals surface area contributed by atoms with Crippen LogP contribution in [0.2, 0.25) is 0 Å². The minimum Gasteiger partial charge on any atom is -0.508 e. The number of primary amides is 2. The second kappa shape index (κ2) is 44.0. The molecule has 41 nitrogen and oxygen atoms in total. The number of carboxylic acid groups (broad SMARTS) is 1. The highest BCUT2D eigenvalue weighted by atomic mass is 32.2. The van der Waals surface area contributed by atoms with E-state index in [4.69, 9.17) is 47.7 Å². The van der Waals surface area contributed by atoms with Crippen LogP contribution < -0.4 is 107 Å². The second-order valence-electron chi connectivity index (χ2n) is 33.1. The molecule has 134 heavy (non-hydrogen) atoms. The van der Waals surface area contributed by atoms with Gasteiger partial charge in [-0.1, -0.05) is 50.6 Å². The molecule has 0 bridgehead atoms. The number of phenols is 2. The van der Waals surface area contributed by atoms with Crippen molar-refractivity contribution in [3.63, 3.8) is 0 Å². The number of nitrogens with two attached hydrogens (primary N) is 4. The molecule has 702 valence electrons. The van der Waals surface area contributed by atoms with Crippen LogP contribution in [0.25, 0.3) is 33.4 Å². The van der Waals surface area contributed by atoms with Gasteiger partial charge in [0.05, 0.1) is 24.2 Å². The van der Waals surface area contributed by atoms with Crippen LogP contribution in [0.15, 0.2) is 143 Å². The van der Waals surface area contributed by atoms with E-state index in [2.05, 4.69) is 69.1 Å². The fourth-order valence-corrected chi connectivity index (χ4v) is 17.2. The maximum Gasteiger partial charge on any atom is 0.336 e. The van der Waals surface area contributed by atoms with Crippen molar-refractivity contribution in [2.45, 2.75) is 127 Å². The lowest BCUT2D eigenvalue weighted by atomic mass is 9.90. The van der Waals surface area contributed by atoms with E-state index >= 15 is 0 Å². The highest BCUT2D eigenvalue weighted by Gasteiger charge is 2.37. The van der Waals surface area contributed by atoms with Crippen LogP contribution in [-0.4, -0.2) is 201 Å². The largest absolute Gasteiger partial charge is 0.508 e. The van der Waals surface area contributed by atoms with E-state index in [1.165, 1.54) is 96.7 Å². The zero-order chi connectivity index (χ0) is 95.6. The number of aromatic nitrogens is 3. The van der Waals surface area contributed by atoms with Gasteiger partial charge in [-0.3, -0.25) is 67.7 Å². The quantitative estimate of drug-likeness (QED) is 0.0141. The number of phenolic OH excluding ortho intramolecular Hbond substituents is 2. The molecule has 6 aromatic carbocycles. The number of hydrogen-bond donors (Lipinski definition) is 21. The molecular weight excluding hydrogens is 1750 g/mol. The molecule has 0 unspecified atom stereocenters. The number of benzene rings is 7. The number of hydrogen-bond acceptors (Lipinski definition) is 27. The third-order valence-electron chi connectivity index (χ3n) is 23.7. The fraction of sp³-hybridized carbons (Fsp3) is 0.348. The zero-order valence-corrected chi connectivity index (χ0v) is 74.1. The summed E-state index contributed by atoms with van der Waals surface area (Å²) >= 11 is 1.20. The van der Waals surface area contributed by atoms with E-state index in [0.29, 0.717) is 59.0 Å². The Morgan fingerprint density at radius 3 is 1.84 bits per heavy atom. The van der Waals surface area contributed by atoms with Gasteiger partial charge in [0, 0.05) is 137 Å². The van der Waals surface area contributed by atoms with Crippen molar-refractivity contribution < 1.29 is 82.1 Å². The first-order valence-corrected chi connectivity index (χ1v) is 44.9. The number of nitrogens with zero attached hydrogens (tertiary/aromatic N) is 5. The highest BCUT2D eigenvalue weighted by molar-refractivity contribution is 7.98. The number of amides is 12. The Morgan fingerprint density at radius 2 is 1.19 bits per heavy atom. The number of nitrogens with one attached hydrogen (secondary N) is 14. The molecule has 0 radical (unpaired) electrons. The average Bonchev–Trinajstić information content (AvgIpc) is 0.744. The first-order chi connectivity index (χ1) is 64.3. The molecule has 12 amide bonds. The Kier molecular flexibility index (Phi) is 31.5. The minimum absolute atomic E-state index is 0.00840. The predicted molar refractivity (Wildman–Crippen MR) is 500 cm³/mol. The van der Waals surface area contributed by atoms with Gasteiger partial charge in [0.25, 0.3) is 11.8 Å². The van der Waals surface area contributed by atoms with Crippen LogP contribution in [0.5, 0.6) is 11.5 Å². The van der Waals surface area contributed by atoms with Gasteiger partial charge >= 0.3 is 5.97 Å². The number of guanidine groups is 1. The van der Waals surface area contributed by atoms with Gasteiger partial charge < -0.3 is 122 Å². The Balaban J connectivity index is 0.687. The van der Waals surface area contributed by atoms with Crippen LogP contribution in [0, 0.1) is 23.2 Å². The van der Waals surface area contributed by atoms with Crippen molar-refractivity contribution in [1.29, 1.82) is 5.41 Å². The predicted octanol–water partition coefficient (Wildman–Crippen LogP) is 4.27. The van der Waals surface area contributed by atoms with Gasteiger partial charge in [-0.2, -0.15) is 26.7 Å². The summed E-state index contributed by atoms with van der Waals surface area (Å²) in [5.41, 5.74) is 26.1. The first-order valence-electron chi connectivity index (χ1n) is 43.8. The summed E-state index contributed by atoms with van der Waals surface area (Å²) < 4.78 is 6.05. The Hall–Kier alpha value is -15.5. The lowest BCUT2D eigenvalue weighted by Gasteiger charge is -2.34. The molecule has 2 fully saturated rings. The number of carbonyl (C=O) groups excluding carboxylic acids is 12. The van der Waals surface area contributed by atoms with Crippen LogP contribution in [0.3, 0.4) is 0 Å². The molecule has 13 rings (SSSR count). The highest BCUT2D eigenvalue weighted by Crippen LogP contribution is 2.43. The van der Waals surface area contributed by atoms with Gasteiger partial charge in [-0.05, 0) is 183 Å². The summed E-state index contributed by atoms with van der Waals surface area (Å²) in [6.07, 6.45) is 2.74. The Morgan fingerprint density at radius 1 is 0.590 bits per heavy atom. The number of piperidine rings is 2. The molecule has 0 spiro atoms. The van der Waals surface area contributed by atoms with Crippen molar-refractivity contribution in [3.05, 3.63) is 183 Å². The molecule has 0 saturated carbocycles. The fourth-order valence-electron chi connectivity index (χ4n) is 16.2. The molecule has 25 N–H and O–H groups in total. The standard InChI is InChI=1S/C92H105N23O18S/c1-3-47(2)77-87(130)106-68(8-6-30-98-89(96)97)84(127)107-69-36-51(78(94)121)11-12-52(69)42-99-66-24-16-55(39-65(66)83(126)110-77)103-75(120)44-101-81(124)50-27-33-115(34-28-50)92-112-90(104-56-15-21-60(64(38-56)88(131)132)76-61-22-19-58(117)40-72(61)133-73-41-59(118)20-23-62(73)76)111-91(113-92)114-31-25-49(26-32-114)80(123)100-43-74(119)102-54-14-13-53-45-134-46-71(79(95)122)109-86(129)70(35-48-9-17-57(116)18-10-48)108-85(128)67(7-4-5-29-93)105-82(125)63(53)37-54/h9-24,36-41,47,49-50,67-68,70-71,77,99,116-117H,3-8,25-35,42-46,93H2,1-2H3,(H2,94,121)(H2,95,122)(H,100,123)(H,101,124)(H,102,119)(H,103,120)(H,105,125)(H,106,130)(H,107,127)(H,108,128)(H,109,129)(H,110,126)(H,131,132)(H4,96,97,98)(H,104,111,112,113)/t47-,67-,68-,70-,71-,77-/m0/s1. The van der Waals surface area contributed by atoms with Crippen molar-refractivity contribution >= 4 is 152 Å². The van der Waals surface area contributed by atoms with Gasteiger partial charge in [0.2, 0.25) is 76.9 Å². The summed E-state index contributed by atoms with van der Waals surface area (Å²) in [7, 11) is 0. The van der Waals surface area contributed by atoms with Gasteiger partial charge in [0.1, 0.15) is 53.1 Å². The van der Waals surface area contributed by atoms with E-state index in [9.17, 15) is 82.4 Å². The third kappa shape index (κ3) is 24.6. The van der Waals surface area contributed by atoms with Crippen LogP contribution in [0.1, 0.15) is 136 Å². The minimum atomic E-state index is -1.32. The lowest BCUT2D eigenvalue weighted by molar-refractivity contribution is -0.131. The number of aromatic hydroxyl groups is 2. The first kappa shape index (κ1) is 96.1. The molecule has 5 aliphatic heterocycles. The normalized spacial score (nSPS) is 17.9. The molecule has 1 aliphatic carbocycles. The molecule has 42 heteroatoms. The van der Waals surface area contributed by atoms with Crippen molar-refractivity contribution in [2.75, 3.05) is 94.5 Å². The maximum atomic E-state index is 14.6. The molecule has 6 atom stereocenters. The molecule has 6 aliphatic rings. The molecule has 7 aromatic rings. The third-order valence-corrected chi connectivity index (χ3v) is 24.8. The van der Waals surface area contributed by atoms with Gasteiger partial charge in [-0.15, -0.1) is 0 Å². The molecule has 6 heterocycles. The monoisotopic (exact) mass is 1850 g/mol. The number of fused-ring (bicyclic) bond motifs is 5. The van der Waals surface area contributed by atoms with Crippen LogP contribution >= 0.6 is 11.8 Å². The van der Waals surface area contributed by atoms with Crippen LogP contribution in [0.4, 0.5) is 46.3 Å². The smallest absolute Gasteiger partial charge is 0.336 e. The number of aromatic carboxylic acids is 1. The number of rotatable bonds is 28. The summed E-state index contributed by atoms with van der Waals surface area (Å²) in [6, 6.07) is 26.6. The number of carbonyl (C=O) groups is 13. The summed E-state index contributed by atoms with van der Waals surface area (Å²) in [6.45, 7) is 3.93. The SMILES string of the molecule is CC[C@H](C)[C@@H]1NC(=O)c2cc(NC(=O)CNC(=O)C3CCN(c4nc(Nc5ccc(-c6c7ccc(=O)cc-7oc7cc(O)ccc67)c(C(=O)O)c5)nc(N5CCC(C(=O)NCC(=O)Nc6ccc7c(c6)C(=O)N[C@@H](CCCCN)C(=O)N[C@@H](Cc6ccc(O)cc6)C(=O)N[C@H](C(N)=O)CSC7)CC5)n4)CC3)ccc2NCc2ccc(C(N)=O)cc2NC(=O)[C@H](CCCNC(=N)N)NC1=O. The molecule has 1 aromatic heterocycles. The number of carboxylic acids is 1. The van der Waals surface area contributed by atoms with E-state index in [0.717, 1.165) is 0 Å². The van der Waals surface area contributed by atoms with E-state index < -0.39 is 138 Å². The average molecular weight is 1850 g/mol. The topological polar surface area (TPSA) is 642 Å². The summed E-state index contributed by atoms with van der Waals surface area (Å²) in [5, 5.41) is 76.2. The maximum absolute atomic E-state index is 14.6. The van der Waals surface area contributed by atoms with Crippen LogP contribution in [-0.2, 0) is 61.9 Å². The van der Waals surface area contributed by atoms with E-state index in [1.54, 1.807) is 55.5 Å². The summed E-state index contributed by atoms with van der Waals surface area (Å²) in [5.74, 6) is -10.8. The van der Waals surface area contributed by atoms with Crippen molar-refractivity contribution in [2.24, 2.45) is 40.7 Å². The number of anilines is 8. The van der Waals surface area contributed by atoms with Gasteiger partial charge in [0.15, 0.2) is 11.4 Å². The summed E-state index contributed by atoms with van der Waals surface area (Å²) in [4.78, 5) is 211. The number of unbranched alkanes of at least 4 members (excludes halogenated alkanes) is 1. The van der Waals surface area contributed by atoms with E-state index in [-0.39, 0.29) is 210 Å². The molecule has 2 saturated heterocycles.